The van der Waals surface area contributed by atoms with Crippen molar-refractivity contribution in [2.24, 2.45) is 11.8 Å². The highest BCUT2D eigenvalue weighted by atomic mass is 19.1. The van der Waals surface area contributed by atoms with E-state index in [9.17, 15) is 14.0 Å². The predicted octanol–water partition coefficient (Wildman–Crippen LogP) is 2.07. The molecule has 3 atom stereocenters. The molecule has 2 fully saturated rings. The van der Waals surface area contributed by atoms with Gasteiger partial charge in [0.05, 0.1) is 6.04 Å². The third kappa shape index (κ3) is 3.23. The second kappa shape index (κ2) is 7.15. The van der Waals surface area contributed by atoms with Gasteiger partial charge in [0.2, 0.25) is 5.91 Å². The average Bonchev–Trinajstić information content (AvgIpc) is 3.37. The highest BCUT2D eigenvalue weighted by Crippen LogP contribution is 2.45. The van der Waals surface area contributed by atoms with Gasteiger partial charge in [0, 0.05) is 44.8 Å². The lowest BCUT2D eigenvalue weighted by molar-refractivity contribution is -0.136. The second-order valence-electron chi connectivity index (χ2n) is 7.20. The first kappa shape index (κ1) is 17.7. The lowest BCUT2D eigenvalue weighted by Crippen LogP contribution is -2.39. The zero-order valence-electron chi connectivity index (χ0n) is 15.1. The van der Waals surface area contributed by atoms with E-state index in [-0.39, 0.29) is 42.1 Å². The maximum atomic E-state index is 13.8. The summed E-state index contributed by atoms with van der Waals surface area (Å²) >= 11 is 0. The van der Waals surface area contributed by atoms with E-state index >= 15 is 0 Å². The molecule has 1 aromatic heterocycles. The van der Waals surface area contributed by atoms with Crippen molar-refractivity contribution < 1.29 is 18.7 Å². The molecular weight excluding hydrogens is 349 g/mol. The summed E-state index contributed by atoms with van der Waals surface area (Å²) in [5.41, 5.74) is 1.32. The van der Waals surface area contributed by atoms with Crippen molar-refractivity contribution in [1.82, 2.24) is 14.8 Å². The molecule has 0 unspecified atom stereocenters. The van der Waals surface area contributed by atoms with Crippen LogP contribution < -0.4 is 0 Å². The minimum atomic E-state index is -0.326. The van der Waals surface area contributed by atoms with Crippen LogP contribution in [0.1, 0.15) is 22.1 Å². The molecule has 7 heteroatoms. The van der Waals surface area contributed by atoms with Crippen LogP contribution in [0.4, 0.5) is 4.39 Å². The van der Waals surface area contributed by atoms with Crippen molar-refractivity contribution in [3.8, 4) is 0 Å². The molecule has 0 saturated carbocycles. The number of nitrogens with one attached hydrogen (secondary N) is 1. The van der Waals surface area contributed by atoms with Crippen LogP contribution in [-0.2, 0) is 9.53 Å². The van der Waals surface area contributed by atoms with E-state index in [1.165, 1.54) is 19.2 Å². The summed E-state index contributed by atoms with van der Waals surface area (Å²) in [6.07, 6.45) is 1.73. The molecule has 3 heterocycles. The van der Waals surface area contributed by atoms with E-state index in [2.05, 4.69) is 4.98 Å². The lowest BCUT2D eigenvalue weighted by atomic mass is 9.89. The van der Waals surface area contributed by atoms with Gasteiger partial charge < -0.3 is 19.5 Å². The number of H-pyrrole nitrogens is 1. The molecule has 0 bridgehead atoms. The Kier molecular flexibility index (Phi) is 4.70. The Hall–Kier alpha value is -2.67. The molecule has 142 valence electrons. The third-order valence-corrected chi connectivity index (χ3v) is 5.56. The number of ether oxygens (including phenoxy) is 1. The Labute approximate surface area is 156 Å². The Morgan fingerprint density at radius 3 is 2.78 bits per heavy atom. The smallest absolute Gasteiger partial charge is 0.270 e. The van der Waals surface area contributed by atoms with Crippen molar-refractivity contribution in [1.29, 1.82) is 0 Å². The number of nitrogens with zero attached hydrogens (tertiary/aromatic N) is 2. The number of carbonyl (C=O) groups is 2. The number of benzene rings is 1. The van der Waals surface area contributed by atoms with E-state index in [1.54, 1.807) is 29.3 Å². The van der Waals surface area contributed by atoms with Gasteiger partial charge in [-0.3, -0.25) is 9.59 Å². The van der Waals surface area contributed by atoms with Gasteiger partial charge in [0.1, 0.15) is 18.1 Å². The zero-order chi connectivity index (χ0) is 19.0. The molecule has 4 rings (SSSR count). The molecule has 1 aromatic carbocycles. The normalized spacial score (nSPS) is 24.3. The van der Waals surface area contributed by atoms with E-state index < -0.39 is 0 Å². The minimum absolute atomic E-state index is 0.00360. The van der Waals surface area contributed by atoms with Crippen molar-refractivity contribution >= 4 is 11.8 Å². The molecule has 27 heavy (non-hydrogen) atoms. The number of methoxy groups -OCH3 is 1. The summed E-state index contributed by atoms with van der Waals surface area (Å²) in [6.45, 7) is 1.67. The number of hydrogen-bond donors (Lipinski definition) is 1. The van der Waals surface area contributed by atoms with E-state index in [4.69, 9.17) is 4.74 Å². The molecule has 2 aromatic rings. The molecular formula is C20H22FN3O3. The first-order valence-corrected chi connectivity index (χ1v) is 9.05. The largest absolute Gasteiger partial charge is 0.375 e. The lowest BCUT2D eigenvalue weighted by Gasteiger charge is -2.30. The number of amides is 2. The topological polar surface area (TPSA) is 65.6 Å². The maximum absolute atomic E-state index is 13.8. The van der Waals surface area contributed by atoms with E-state index in [1.807, 2.05) is 11.0 Å². The zero-order valence-corrected chi connectivity index (χ0v) is 15.1. The number of halogens is 1. The fourth-order valence-corrected chi connectivity index (χ4v) is 4.43. The van der Waals surface area contributed by atoms with Crippen molar-refractivity contribution in [2.75, 3.05) is 33.4 Å². The van der Waals surface area contributed by atoms with Gasteiger partial charge in [-0.25, -0.2) is 4.39 Å². The quantitative estimate of drug-likeness (QED) is 0.895. The van der Waals surface area contributed by atoms with Gasteiger partial charge in [-0.05, 0) is 29.8 Å². The Morgan fingerprint density at radius 1 is 1.22 bits per heavy atom. The predicted molar refractivity (Wildman–Crippen MR) is 96.4 cm³/mol. The van der Waals surface area contributed by atoms with Crippen LogP contribution in [0.25, 0.3) is 0 Å². The van der Waals surface area contributed by atoms with Crippen LogP contribution in [0.5, 0.6) is 0 Å². The highest BCUT2D eigenvalue weighted by molar-refractivity contribution is 5.92. The monoisotopic (exact) mass is 371 g/mol. The average molecular weight is 371 g/mol. The van der Waals surface area contributed by atoms with Gasteiger partial charge >= 0.3 is 0 Å². The number of fused-ring (bicyclic) bond motifs is 1. The van der Waals surface area contributed by atoms with Crippen LogP contribution in [0, 0.1) is 17.7 Å². The Morgan fingerprint density at radius 2 is 2.07 bits per heavy atom. The number of hydrogen-bond acceptors (Lipinski definition) is 3. The first-order chi connectivity index (χ1) is 13.1. The fraction of sp³-hybridized carbons (Fsp3) is 0.400. The minimum Gasteiger partial charge on any atom is -0.375 e. The van der Waals surface area contributed by atoms with Gasteiger partial charge in [-0.15, -0.1) is 0 Å². The molecule has 0 radical (unpaired) electrons. The van der Waals surface area contributed by atoms with Gasteiger partial charge in [-0.1, -0.05) is 12.1 Å². The SMILES string of the molecule is COCC(=O)N1C[C@H]2CN(C(=O)c3ccc[nH]3)C[C@H]2[C@@H]1c1cccc(F)c1. The Balaban J connectivity index is 1.61. The molecule has 2 saturated heterocycles. The number of likely N-dealkylation sites (tertiary alicyclic amines) is 2. The fourth-order valence-electron chi connectivity index (χ4n) is 4.43. The van der Waals surface area contributed by atoms with Gasteiger partial charge in [-0.2, -0.15) is 0 Å². The summed E-state index contributed by atoms with van der Waals surface area (Å²) < 4.78 is 18.9. The summed E-state index contributed by atoms with van der Waals surface area (Å²) in [5, 5.41) is 0. The standard InChI is InChI=1S/C20H22FN3O3/c1-27-12-18(25)24-10-14-9-23(20(26)17-6-3-7-22-17)11-16(14)19(24)13-4-2-5-15(21)8-13/h2-8,14,16,19,22H,9-12H2,1H3/t14-,16-,19+/m1/s1. The summed E-state index contributed by atoms with van der Waals surface area (Å²) in [5.74, 6) is -0.234. The van der Waals surface area contributed by atoms with Crippen LogP contribution in [0.15, 0.2) is 42.6 Å². The number of rotatable bonds is 4. The van der Waals surface area contributed by atoms with Crippen LogP contribution in [0.2, 0.25) is 0 Å². The summed E-state index contributed by atoms with van der Waals surface area (Å²) in [4.78, 5) is 31.8. The molecule has 0 aliphatic carbocycles. The molecule has 0 spiro atoms. The van der Waals surface area contributed by atoms with Crippen molar-refractivity contribution in [3.63, 3.8) is 0 Å². The van der Waals surface area contributed by atoms with E-state index in [0.29, 0.717) is 25.3 Å². The molecule has 2 amide bonds. The number of aromatic nitrogens is 1. The molecule has 2 aliphatic rings. The molecule has 2 aliphatic heterocycles. The van der Waals surface area contributed by atoms with Gasteiger partial charge in [0.15, 0.2) is 0 Å². The Bertz CT molecular complexity index is 839. The number of aromatic amines is 1. The van der Waals surface area contributed by atoms with E-state index in [0.717, 1.165) is 5.56 Å². The van der Waals surface area contributed by atoms with Crippen LogP contribution in [0.3, 0.4) is 0 Å². The van der Waals surface area contributed by atoms with Crippen molar-refractivity contribution in [2.45, 2.75) is 6.04 Å². The van der Waals surface area contributed by atoms with Crippen LogP contribution in [-0.4, -0.2) is 59.9 Å². The number of carbonyl (C=O) groups excluding carboxylic acids is 2. The highest BCUT2D eigenvalue weighted by Gasteiger charge is 2.50. The second-order valence-corrected chi connectivity index (χ2v) is 7.20. The summed E-state index contributed by atoms with van der Waals surface area (Å²) in [6, 6.07) is 9.68. The molecule has 1 N–H and O–H groups in total. The van der Waals surface area contributed by atoms with Gasteiger partial charge in [0.25, 0.3) is 5.91 Å². The first-order valence-electron chi connectivity index (χ1n) is 9.05. The summed E-state index contributed by atoms with van der Waals surface area (Å²) in [7, 11) is 1.49. The van der Waals surface area contributed by atoms with Crippen molar-refractivity contribution in [3.05, 3.63) is 59.7 Å². The molecule has 6 nitrogen and oxygen atoms in total. The maximum Gasteiger partial charge on any atom is 0.270 e. The third-order valence-electron chi connectivity index (χ3n) is 5.56. The van der Waals surface area contributed by atoms with Crippen LogP contribution >= 0.6 is 0 Å².